The van der Waals surface area contributed by atoms with Crippen molar-refractivity contribution in [1.29, 1.82) is 0 Å². The van der Waals surface area contributed by atoms with E-state index in [1.807, 2.05) is 0 Å². The van der Waals surface area contributed by atoms with Crippen molar-refractivity contribution in [2.75, 3.05) is 18.5 Å². The zero-order chi connectivity index (χ0) is 24.1. The van der Waals surface area contributed by atoms with E-state index in [-0.39, 0.29) is 18.5 Å². The Morgan fingerprint density at radius 3 is 2.67 bits per heavy atom. The molecule has 0 aromatic heterocycles. The Morgan fingerprint density at radius 2 is 1.94 bits per heavy atom. The molecular formula is C21H19ClN4O7. The predicted octanol–water partition coefficient (Wildman–Crippen LogP) is 2.23. The zero-order valence-corrected chi connectivity index (χ0v) is 18.1. The van der Waals surface area contributed by atoms with Gasteiger partial charge in [-0.25, -0.2) is 0 Å². The van der Waals surface area contributed by atoms with Gasteiger partial charge in [0.2, 0.25) is 5.91 Å². The monoisotopic (exact) mass is 474 g/mol. The molecule has 0 spiro atoms. The number of rotatable bonds is 7. The molecular weight excluding hydrogens is 456 g/mol. The lowest BCUT2D eigenvalue weighted by Gasteiger charge is -2.17. The number of amides is 3. The Bertz CT molecular complexity index is 1140. The number of nitrogens with one attached hydrogen (secondary N) is 2. The summed E-state index contributed by atoms with van der Waals surface area (Å²) in [6, 6.07) is 10.2. The highest BCUT2D eigenvalue weighted by Crippen LogP contribution is 2.23. The number of esters is 1. The first-order valence-corrected chi connectivity index (χ1v) is 10.1. The highest BCUT2D eigenvalue weighted by atomic mass is 35.5. The maximum absolute atomic E-state index is 12.4. The van der Waals surface area contributed by atoms with Crippen LogP contribution < -0.4 is 10.7 Å². The number of hydrazine groups is 1. The number of hydrogen-bond donors (Lipinski definition) is 2. The Hall–Kier alpha value is -3.99. The molecule has 1 aliphatic heterocycles. The molecule has 1 fully saturated rings. The molecule has 1 aliphatic rings. The van der Waals surface area contributed by atoms with E-state index in [1.54, 1.807) is 25.1 Å². The van der Waals surface area contributed by atoms with Crippen molar-refractivity contribution in [2.45, 2.75) is 13.3 Å². The van der Waals surface area contributed by atoms with Crippen molar-refractivity contribution in [1.82, 2.24) is 10.4 Å². The van der Waals surface area contributed by atoms with Crippen LogP contribution >= 0.6 is 11.6 Å². The van der Waals surface area contributed by atoms with Crippen LogP contribution in [0.5, 0.6) is 0 Å². The maximum atomic E-state index is 12.4. The molecule has 2 N–H and O–H groups in total. The van der Waals surface area contributed by atoms with Gasteiger partial charge in [0.1, 0.15) is 5.56 Å². The number of para-hydroxylation sites is 1. The van der Waals surface area contributed by atoms with Crippen molar-refractivity contribution in [2.24, 2.45) is 5.92 Å². The standard InChI is InChI=1S/C21H19ClN4O7/c1-12-15(22)6-4-7-16(12)23-18(27)11-33-21(30)13-9-19(28)25(10-13)24-20(29)14-5-2-3-8-17(14)26(31)32/h2-8,13H,9-11H2,1H3,(H,23,27)(H,24,29)/t13-/m1/s1. The zero-order valence-electron chi connectivity index (χ0n) is 17.4. The van der Waals surface area contributed by atoms with E-state index in [2.05, 4.69) is 10.7 Å². The second-order valence-electron chi connectivity index (χ2n) is 7.19. The van der Waals surface area contributed by atoms with E-state index in [9.17, 15) is 29.3 Å². The highest BCUT2D eigenvalue weighted by Gasteiger charge is 2.37. The number of anilines is 1. The van der Waals surface area contributed by atoms with Crippen molar-refractivity contribution in [3.05, 3.63) is 68.7 Å². The summed E-state index contributed by atoms with van der Waals surface area (Å²) in [7, 11) is 0. The van der Waals surface area contributed by atoms with E-state index < -0.39 is 46.8 Å². The molecule has 0 unspecified atom stereocenters. The molecule has 11 nitrogen and oxygen atoms in total. The second-order valence-corrected chi connectivity index (χ2v) is 7.60. The van der Waals surface area contributed by atoms with Crippen LogP contribution in [0.15, 0.2) is 42.5 Å². The molecule has 0 bridgehead atoms. The normalized spacial score (nSPS) is 15.2. The lowest BCUT2D eigenvalue weighted by molar-refractivity contribution is -0.385. The molecule has 0 radical (unpaired) electrons. The van der Waals surface area contributed by atoms with Crippen molar-refractivity contribution in [3.63, 3.8) is 0 Å². The van der Waals surface area contributed by atoms with E-state index in [1.165, 1.54) is 18.2 Å². The van der Waals surface area contributed by atoms with Gasteiger partial charge in [-0.15, -0.1) is 0 Å². The fourth-order valence-corrected chi connectivity index (χ4v) is 3.34. The molecule has 0 aliphatic carbocycles. The molecule has 2 aromatic carbocycles. The number of benzene rings is 2. The first kappa shape index (κ1) is 23.7. The number of nitro groups is 1. The van der Waals surface area contributed by atoms with Crippen LogP contribution in [0.25, 0.3) is 0 Å². The lowest BCUT2D eigenvalue weighted by Crippen LogP contribution is -2.43. The largest absolute Gasteiger partial charge is 0.455 e. The van der Waals surface area contributed by atoms with Gasteiger partial charge in [-0.3, -0.25) is 39.7 Å². The van der Waals surface area contributed by atoms with Crippen LogP contribution in [-0.4, -0.2) is 46.8 Å². The second kappa shape index (κ2) is 10.1. The SMILES string of the molecule is Cc1c(Cl)cccc1NC(=O)COC(=O)[C@@H]1CC(=O)N(NC(=O)c2ccccc2[N+](=O)[O-])C1. The van der Waals surface area contributed by atoms with E-state index >= 15 is 0 Å². The van der Waals surface area contributed by atoms with Crippen molar-refractivity contribution in [3.8, 4) is 0 Å². The molecule has 33 heavy (non-hydrogen) atoms. The Kier molecular flexibility index (Phi) is 7.23. The summed E-state index contributed by atoms with van der Waals surface area (Å²) in [5.41, 5.74) is 2.76. The van der Waals surface area contributed by atoms with Gasteiger partial charge in [0.15, 0.2) is 6.61 Å². The third kappa shape index (κ3) is 5.63. The van der Waals surface area contributed by atoms with Gasteiger partial charge in [0.25, 0.3) is 17.5 Å². The quantitative estimate of drug-likeness (QED) is 0.355. The van der Waals surface area contributed by atoms with E-state index in [0.717, 1.165) is 11.1 Å². The van der Waals surface area contributed by atoms with Gasteiger partial charge in [-0.2, -0.15) is 0 Å². The summed E-state index contributed by atoms with van der Waals surface area (Å²) >= 11 is 6.00. The fraction of sp³-hybridized carbons (Fsp3) is 0.238. The summed E-state index contributed by atoms with van der Waals surface area (Å²) in [6.45, 7) is 0.956. The Balaban J connectivity index is 1.54. The van der Waals surface area contributed by atoms with Crippen LogP contribution in [-0.2, 0) is 19.1 Å². The number of carbonyl (C=O) groups excluding carboxylic acids is 4. The molecule has 172 valence electrons. The van der Waals surface area contributed by atoms with Crippen molar-refractivity contribution >= 4 is 46.7 Å². The van der Waals surface area contributed by atoms with Gasteiger partial charge in [-0.05, 0) is 30.7 Å². The number of nitrogens with zero attached hydrogens (tertiary/aromatic N) is 2. The van der Waals surface area contributed by atoms with Gasteiger partial charge in [-0.1, -0.05) is 29.8 Å². The first-order chi connectivity index (χ1) is 15.7. The minimum absolute atomic E-state index is 0.195. The van der Waals surface area contributed by atoms with Gasteiger partial charge in [0, 0.05) is 23.2 Å². The predicted molar refractivity (Wildman–Crippen MR) is 116 cm³/mol. The summed E-state index contributed by atoms with van der Waals surface area (Å²) in [6.07, 6.45) is -0.245. The molecule has 1 heterocycles. The number of nitro benzene ring substituents is 1. The van der Waals surface area contributed by atoms with Gasteiger partial charge < -0.3 is 10.1 Å². The molecule has 2 aromatic rings. The average molecular weight is 475 g/mol. The molecule has 12 heteroatoms. The minimum atomic E-state index is -0.913. The maximum Gasteiger partial charge on any atom is 0.311 e. The van der Waals surface area contributed by atoms with Gasteiger partial charge >= 0.3 is 5.97 Å². The summed E-state index contributed by atoms with van der Waals surface area (Å²) < 4.78 is 5.00. The lowest BCUT2D eigenvalue weighted by atomic mass is 10.1. The molecule has 3 amide bonds. The number of hydrogen-bond acceptors (Lipinski definition) is 7. The summed E-state index contributed by atoms with van der Waals surface area (Å²) in [5, 5.41) is 15.0. The van der Waals surface area contributed by atoms with Crippen LogP contribution in [0.2, 0.25) is 5.02 Å². The van der Waals surface area contributed by atoms with Crippen LogP contribution in [0, 0.1) is 23.0 Å². The van der Waals surface area contributed by atoms with Crippen LogP contribution in [0.3, 0.4) is 0 Å². The smallest absolute Gasteiger partial charge is 0.311 e. The van der Waals surface area contributed by atoms with Crippen LogP contribution in [0.1, 0.15) is 22.3 Å². The number of halogens is 1. The number of ether oxygens (including phenoxy) is 1. The van der Waals surface area contributed by atoms with E-state index in [0.29, 0.717) is 16.3 Å². The third-order valence-corrected chi connectivity index (χ3v) is 5.34. The molecule has 1 atom stereocenters. The number of carbonyl (C=O) groups is 4. The average Bonchev–Trinajstić information content (AvgIpc) is 3.15. The van der Waals surface area contributed by atoms with Crippen molar-refractivity contribution < 1.29 is 28.8 Å². The Labute approximate surface area is 192 Å². The minimum Gasteiger partial charge on any atom is -0.455 e. The third-order valence-electron chi connectivity index (χ3n) is 4.93. The molecule has 3 rings (SSSR count). The van der Waals surface area contributed by atoms with Gasteiger partial charge in [0.05, 0.1) is 17.4 Å². The summed E-state index contributed by atoms with van der Waals surface area (Å²) in [4.78, 5) is 59.4. The Morgan fingerprint density at radius 1 is 1.21 bits per heavy atom. The highest BCUT2D eigenvalue weighted by molar-refractivity contribution is 6.31. The summed E-state index contributed by atoms with van der Waals surface area (Å²) in [5.74, 6) is -3.71. The molecule has 0 saturated carbocycles. The van der Waals surface area contributed by atoms with E-state index in [4.69, 9.17) is 16.3 Å². The fourth-order valence-electron chi connectivity index (χ4n) is 3.16. The topological polar surface area (TPSA) is 148 Å². The first-order valence-electron chi connectivity index (χ1n) is 9.73. The molecule has 1 saturated heterocycles. The van der Waals surface area contributed by atoms with Crippen LogP contribution in [0.4, 0.5) is 11.4 Å².